The Kier molecular flexibility index (Phi) is 5.12. The van der Waals surface area contributed by atoms with E-state index in [1.54, 1.807) is 14.2 Å². The Balaban J connectivity index is 2.35. The van der Waals surface area contributed by atoms with E-state index in [-0.39, 0.29) is 0 Å². The molecule has 0 bridgehead atoms. The highest BCUT2D eigenvalue weighted by atomic mass is 28.4. The molecule has 0 amide bonds. The lowest BCUT2D eigenvalue weighted by atomic mass is 9.93. The average molecular weight is 286 g/mol. The maximum absolute atomic E-state index is 5.68. The lowest BCUT2D eigenvalue weighted by Gasteiger charge is -2.28. The molecule has 0 aromatic heterocycles. The van der Waals surface area contributed by atoms with Crippen molar-refractivity contribution in [3.8, 4) is 0 Å². The van der Waals surface area contributed by atoms with E-state index in [1.165, 1.54) is 11.1 Å². The van der Waals surface area contributed by atoms with Crippen LogP contribution in [0.4, 0.5) is 0 Å². The third-order valence-electron chi connectivity index (χ3n) is 3.84. The molecule has 20 heavy (non-hydrogen) atoms. The van der Waals surface area contributed by atoms with E-state index >= 15 is 0 Å². The van der Waals surface area contributed by atoms with Crippen LogP contribution in [0.25, 0.3) is 0 Å². The Hall–Kier alpha value is -1.42. The monoisotopic (exact) mass is 286 g/mol. The molecular weight excluding hydrogens is 264 g/mol. The second-order valence-corrected chi connectivity index (χ2v) is 8.61. The predicted octanol–water partition coefficient (Wildman–Crippen LogP) is 4.18. The van der Waals surface area contributed by atoms with Crippen molar-refractivity contribution in [1.29, 1.82) is 0 Å². The summed E-state index contributed by atoms with van der Waals surface area (Å²) in [5.41, 5.74) is 2.62. The van der Waals surface area contributed by atoms with E-state index in [4.69, 9.17) is 8.85 Å². The van der Waals surface area contributed by atoms with Crippen molar-refractivity contribution in [3.63, 3.8) is 0 Å². The summed E-state index contributed by atoms with van der Waals surface area (Å²) in [5, 5.41) is 0. The molecule has 2 aromatic carbocycles. The molecule has 0 saturated heterocycles. The van der Waals surface area contributed by atoms with Crippen molar-refractivity contribution in [2.24, 2.45) is 0 Å². The van der Waals surface area contributed by atoms with Gasteiger partial charge in [0.25, 0.3) is 0 Å². The summed E-state index contributed by atoms with van der Waals surface area (Å²) in [7, 11) is 1.38. The molecule has 106 valence electrons. The molecule has 0 radical (unpaired) electrons. The lowest BCUT2D eigenvalue weighted by molar-refractivity contribution is 0.248. The summed E-state index contributed by atoms with van der Waals surface area (Å²) in [6.07, 6.45) is 0. The maximum Gasteiger partial charge on any atom is 0.335 e. The first-order valence-electron chi connectivity index (χ1n) is 6.89. The molecule has 0 unspecified atom stereocenters. The van der Waals surface area contributed by atoms with Gasteiger partial charge in [-0.25, -0.2) is 0 Å². The van der Waals surface area contributed by atoms with Crippen molar-refractivity contribution in [2.45, 2.75) is 18.5 Å². The SMILES string of the molecule is CO[Si](C)(CC(c1ccccc1)c1ccccc1)OC. The van der Waals surface area contributed by atoms with Crippen LogP contribution in [0.2, 0.25) is 12.6 Å². The van der Waals surface area contributed by atoms with Gasteiger partial charge in [-0.05, 0) is 17.7 Å². The third kappa shape index (κ3) is 3.57. The van der Waals surface area contributed by atoms with Crippen LogP contribution in [-0.4, -0.2) is 22.8 Å². The number of hydrogen-bond acceptors (Lipinski definition) is 2. The smallest absolute Gasteiger partial charge is 0.335 e. The first kappa shape index (κ1) is 15.0. The van der Waals surface area contributed by atoms with Crippen LogP contribution in [0.1, 0.15) is 17.0 Å². The number of hydrogen-bond donors (Lipinski definition) is 0. The highest BCUT2D eigenvalue weighted by molar-refractivity contribution is 6.66. The summed E-state index contributed by atoms with van der Waals surface area (Å²) in [6, 6.07) is 22.1. The first-order chi connectivity index (χ1) is 9.68. The Morgan fingerprint density at radius 2 is 1.20 bits per heavy atom. The van der Waals surface area contributed by atoms with Crippen molar-refractivity contribution in [1.82, 2.24) is 0 Å². The van der Waals surface area contributed by atoms with E-state index in [0.29, 0.717) is 5.92 Å². The van der Waals surface area contributed by atoms with Crippen LogP contribution in [0, 0.1) is 0 Å². The molecule has 0 fully saturated rings. The molecule has 3 heteroatoms. The molecule has 2 aromatic rings. The van der Waals surface area contributed by atoms with Gasteiger partial charge in [0.05, 0.1) is 0 Å². The van der Waals surface area contributed by atoms with Crippen LogP contribution >= 0.6 is 0 Å². The summed E-state index contributed by atoms with van der Waals surface area (Å²) in [6.45, 7) is 2.12. The van der Waals surface area contributed by atoms with Crippen LogP contribution < -0.4 is 0 Å². The van der Waals surface area contributed by atoms with Gasteiger partial charge in [0.15, 0.2) is 0 Å². The molecule has 0 heterocycles. The largest absolute Gasteiger partial charge is 0.398 e. The van der Waals surface area contributed by atoms with E-state index in [0.717, 1.165) is 6.04 Å². The van der Waals surface area contributed by atoms with Crippen molar-refractivity contribution >= 4 is 8.56 Å². The molecule has 0 aliphatic heterocycles. The minimum Gasteiger partial charge on any atom is -0.398 e. The van der Waals surface area contributed by atoms with Gasteiger partial charge < -0.3 is 8.85 Å². The van der Waals surface area contributed by atoms with Gasteiger partial charge in [-0.3, -0.25) is 0 Å². The average Bonchev–Trinajstić information content (AvgIpc) is 2.54. The Morgan fingerprint density at radius 3 is 1.55 bits per heavy atom. The Bertz CT molecular complexity index is 470. The van der Waals surface area contributed by atoms with Gasteiger partial charge in [-0.15, -0.1) is 0 Å². The fraction of sp³-hybridized carbons (Fsp3) is 0.294. The summed E-state index contributed by atoms with van der Waals surface area (Å²) in [5.74, 6) is 0.314. The van der Waals surface area contributed by atoms with Gasteiger partial charge in [0, 0.05) is 26.2 Å². The molecule has 0 aliphatic carbocycles. The van der Waals surface area contributed by atoms with Crippen LogP contribution in [0.5, 0.6) is 0 Å². The van der Waals surface area contributed by atoms with Crippen LogP contribution in [0.15, 0.2) is 60.7 Å². The van der Waals surface area contributed by atoms with Gasteiger partial charge in [-0.2, -0.15) is 0 Å². The van der Waals surface area contributed by atoms with Crippen molar-refractivity contribution in [3.05, 3.63) is 71.8 Å². The highest BCUT2D eigenvalue weighted by Crippen LogP contribution is 2.33. The molecule has 0 aliphatic rings. The summed E-state index contributed by atoms with van der Waals surface area (Å²) >= 11 is 0. The van der Waals surface area contributed by atoms with Crippen LogP contribution in [0.3, 0.4) is 0 Å². The molecule has 0 spiro atoms. The zero-order chi connectivity index (χ0) is 14.4. The molecule has 0 atom stereocenters. The topological polar surface area (TPSA) is 18.5 Å². The molecule has 0 saturated carbocycles. The third-order valence-corrected chi connectivity index (χ3v) is 6.72. The van der Waals surface area contributed by atoms with E-state index < -0.39 is 8.56 Å². The molecular formula is C17H22O2Si. The fourth-order valence-corrected chi connectivity index (χ4v) is 4.13. The maximum atomic E-state index is 5.68. The van der Waals surface area contributed by atoms with Gasteiger partial charge in [0.1, 0.15) is 0 Å². The normalized spacial score (nSPS) is 11.8. The van der Waals surface area contributed by atoms with Gasteiger partial charge in [-0.1, -0.05) is 60.7 Å². The van der Waals surface area contributed by atoms with Crippen LogP contribution in [-0.2, 0) is 8.85 Å². The molecule has 2 rings (SSSR count). The van der Waals surface area contributed by atoms with E-state index in [1.807, 2.05) is 0 Å². The zero-order valence-electron chi connectivity index (χ0n) is 12.4. The quantitative estimate of drug-likeness (QED) is 0.742. The van der Waals surface area contributed by atoms with Crippen molar-refractivity contribution < 1.29 is 8.85 Å². The minimum atomic E-state index is -2.13. The second kappa shape index (κ2) is 6.84. The second-order valence-electron chi connectivity index (χ2n) is 5.12. The fourth-order valence-electron chi connectivity index (χ4n) is 2.42. The standard InChI is InChI=1S/C17H22O2Si/c1-18-20(3,19-2)14-17(15-10-6-4-7-11-15)16-12-8-5-9-13-16/h4-13,17H,14H2,1-3H3. The zero-order valence-corrected chi connectivity index (χ0v) is 13.4. The van der Waals surface area contributed by atoms with E-state index in [9.17, 15) is 0 Å². The predicted molar refractivity (Wildman–Crippen MR) is 85.2 cm³/mol. The minimum absolute atomic E-state index is 0.314. The number of benzene rings is 2. The summed E-state index contributed by atoms with van der Waals surface area (Å²) in [4.78, 5) is 0. The van der Waals surface area contributed by atoms with E-state index in [2.05, 4.69) is 67.2 Å². The molecule has 2 nitrogen and oxygen atoms in total. The Morgan fingerprint density at radius 1 is 0.800 bits per heavy atom. The van der Waals surface area contributed by atoms with Crippen molar-refractivity contribution in [2.75, 3.05) is 14.2 Å². The number of rotatable bonds is 6. The van der Waals surface area contributed by atoms with Gasteiger partial charge >= 0.3 is 8.56 Å². The Labute approximate surface area is 122 Å². The molecule has 0 N–H and O–H groups in total. The summed E-state index contributed by atoms with van der Waals surface area (Å²) < 4.78 is 11.4. The lowest BCUT2D eigenvalue weighted by Crippen LogP contribution is -2.37. The first-order valence-corrected chi connectivity index (χ1v) is 9.41. The van der Waals surface area contributed by atoms with Gasteiger partial charge in [0.2, 0.25) is 0 Å². The highest BCUT2D eigenvalue weighted by Gasteiger charge is 2.33.